The summed E-state index contributed by atoms with van der Waals surface area (Å²) in [5.74, 6) is 0.0615. The fourth-order valence-corrected chi connectivity index (χ4v) is 4.70. The van der Waals surface area contributed by atoms with Gasteiger partial charge in [-0.15, -0.1) is 0 Å². The molecular formula is C24H31ClN2O3. The molecule has 1 aliphatic heterocycles. The molecule has 1 aliphatic rings. The number of methoxy groups -OCH3 is 1. The highest BCUT2D eigenvalue weighted by atomic mass is 35.5. The fourth-order valence-electron chi connectivity index (χ4n) is 4.42. The third-order valence-corrected chi connectivity index (χ3v) is 6.26. The van der Waals surface area contributed by atoms with Gasteiger partial charge >= 0.3 is 6.09 Å². The first-order valence-electron chi connectivity index (χ1n) is 10.6. The minimum absolute atomic E-state index is 0.0615. The Morgan fingerprint density at radius 2 is 2.13 bits per heavy atom. The zero-order chi connectivity index (χ0) is 21.6. The van der Waals surface area contributed by atoms with Gasteiger partial charge in [0, 0.05) is 29.6 Å². The van der Waals surface area contributed by atoms with E-state index in [2.05, 4.69) is 34.4 Å². The highest BCUT2D eigenvalue weighted by Crippen LogP contribution is 2.44. The number of piperidine rings is 1. The first-order chi connectivity index (χ1) is 14.5. The Morgan fingerprint density at radius 3 is 2.83 bits per heavy atom. The monoisotopic (exact) mass is 430 g/mol. The molecule has 0 aromatic heterocycles. The van der Waals surface area contributed by atoms with Gasteiger partial charge in [0.2, 0.25) is 0 Å². The number of hydrogen-bond acceptors (Lipinski definition) is 4. The minimum atomic E-state index is -1.06. The van der Waals surface area contributed by atoms with Crippen molar-refractivity contribution in [3.8, 4) is 11.1 Å². The predicted molar refractivity (Wildman–Crippen MR) is 121 cm³/mol. The van der Waals surface area contributed by atoms with Crippen molar-refractivity contribution < 1.29 is 14.6 Å². The van der Waals surface area contributed by atoms with Crippen LogP contribution in [0, 0.1) is 12.8 Å². The Balaban J connectivity index is 1.99. The lowest BCUT2D eigenvalue weighted by Gasteiger charge is -2.40. The van der Waals surface area contributed by atoms with Gasteiger partial charge in [-0.2, -0.15) is 0 Å². The number of aliphatic hydroxyl groups is 1. The molecule has 1 amide bonds. The van der Waals surface area contributed by atoms with Crippen molar-refractivity contribution in [1.29, 1.82) is 0 Å². The van der Waals surface area contributed by atoms with Crippen molar-refractivity contribution in [2.45, 2.75) is 38.2 Å². The van der Waals surface area contributed by atoms with Gasteiger partial charge in [-0.1, -0.05) is 53.6 Å². The first-order valence-corrected chi connectivity index (χ1v) is 10.9. The van der Waals surface area contributed by atoms with Crippen LogP contribution in [0.2, 0.25) is 5.02 Å². The molecule has 30 heavy (non-hydrogen) atoms. The van der Waals surface area contributed by atoms with Crippen molar-refractivity contribution in [3.05, 3.63) is 58.6 Å². The van der Waals surface area contributed by atoms with E-state index >= 15 is 0 Å². The summed E-state index contributed by atoms with van der Waals surface area (Å²) in [5, 5.41) is 18.9. The van der Waals surface area contributed by atoms with Crippen LogP contribution in [0.15, 0.2) is 42.5 Å². The van der Waals surface area contributed by atoms with Crippen molar-refractivity contribution >= 4 is 17.7 Å². The maximum absolute atomic E-state index is 12.1. The normalized spacial score (nSPS) is 18.5. The number of halogens is 1. The maximum atomic E-state index is 12.1. The van der Waals surface area contributed by atoms with Crippen LogP contribution < -0.4 is 10.6 Å². The van der Waals surface area contributed by atoms with E-state index in [4.69, 9.17) is 11.6 Å². The lowest BCUT2D eigenvalue weighted by molar-refractivity contribution is -0.0415. The second-order valence-corrected chi connectivity index (χ2v) is 8.43. The number of benzene rings is 2. The minimum Gasteiger partial charge on any atom is -0.453 e. The predicted octanol–water partition coefficient (Wildman–Crippen LogP) is 4.64. The number of rotatable bonds is 7. The third-order valence-electron chi connectivity index (χ3n) is 5.95. The zero-order valence-corrected chi connectivity index (χ0v) is 18.5. The molecule has 2 aromatic rings. The van der Waals surface area contributed by atoms with Crippen LogP contribution in [-0.4, -0.2) is 37.9 Å². The number of hydrogen-bond donors (Lipinski definition) is 3. The standard InChI is InChI=1S/C24H31ClN2O3/c1-17-7-3-8-18(15-17)22-20(10-4-11-21(22)25)24(29,19-9-5-13-26-16-19)12-6-14-27-23(28)30-2/h3-4,7-8,10-11,15,19,26,29H,5-6,9,12-14,16H2,1-2H3,(H,27,28)/t19?,24-/m0/s1. The highest BCUT2D eigenvalue weighted by Gasteiger charge is 2.40. The number of aryl methyl sites for hydroxylation is 1. The molecule has 0 saturated carbocycles. The zero-order valence-electron chi connectivity index (χ0n) is 17.7. The SMILES string of the molecule is COC(=O)NCCC[C@@](O)(c1cccc(Cl)c1-c1cccc(C)c1)C1CCCNC1. The smallest absolute Gasteiger partial charge is 0.406 e. The Kier molecular flexibility index (Phi) is 7.75. The summed E-state index contributed by atoms with van der Waals surface area (Å²) in [7, 11) is 1.35. The molecule has 2 aromatic carbocycles. The van der Waals surface area contributed by atoms with Crippen LogP contribution in [0.4, 0.5) is 4.79 Å². The van der Waals surface area contributed by atoms with E-state index in [1.807, 2.05) is 30.3 Å². The molecule has 2 atom stereocenters. The summed E-state index contributed by atoms with van der Waals surface area (Å²) in [5.41, 5.74) is 2.83. The lowest BCUT2D eigenvalue weighted by atomic mass is 9.72. The maximum Gasteiger partial charge on any atom is 0.406 e. The molecule has 1 fully saturated rings. The van der Waals surface area contributed by atoms with E-state index in [0.29, 0.717) is 24.4 Å². The fraction of sp³-hybridized carbons (Fsp3) is 0.458. The molecule has 0 radical (unpaired) electrons. The number of alkyl carbamates (subject to hydrolysis) is 1. The van der Waals surface area contributed by atoms with Gasteiger partial charge in [-0.3, -0.25) is 0 Å². The molecular weight excluding hydrogens is 400 g/mol. The second kappa shape index (κ2) is 10.3. The molecule has 1 unspecified atom stereocenters. The summed E-state index contributed by atoms with van der Waals surface area (Å²) in [4.78, 5) is 11.4. The lowest BCUT2D eigenvalue weighted by Crippen LogP contribution is -2.45. The summed E-state index contributed by atoms with van der Waals surface area (Å²) in [6.07, 6.45) is 2.65. The van der Waals surface area contributed by atoms with E-state index in [1.165, 1.54) is 7.11 Å². The van der Waals surface area contributed by atoms with Crippen LogP contribution in [-0.2, 0) is 10.3 Å². The van der Waals surface area contributed by atoms with E-state index in [1.54, 1.807) is 0 Å². The largest absolute Gasteiger partial charge is 0.453 e. The molecule has 6 heteroatoms. The number of ether oxygens (including phenoxy) is 1. The Bertz CT molecular complexity index is 867. The Hall–Kier alpha value is -2.08. The van der Waals surface area contributed by atoms with E-state index in [0.717, 1.165) is 48.2 Å². The van der Waals surface area contributed by atoms with Crippen LogP contribution in [0.25, 0.3) is 11.1 Å². The van der Waals surface area contributed by atoms with Crippen molar-refractivity contribution in [2.24, 2.45) is 5.92 Å². The van der Waals surface area contributed by atoms with Gasteiger partial charge in [0.05, 0.1) is 12.7 Å². The second-order valence-electron chi connectivity index (χ2n) is 8.02. The summed E-state index contributed by atoms with van der Waals surface area (Å²) in [6.45, 7) is 4.21. The quantitative estimate of drug-likeness (QED) is 0.559. The van der Waals surface area contributed by atoms with Crippen molar-refractivity contribution in [1.82, 2.24) is 10.6 Å². The molecule has 5 nitrogen and oxygen atoms in total. The molecule has 0 spiro atoms. The van der Waals surface area contributed by atoms with Gasteiger partial charge in [-0.25, -0.2) is 4.79 Å². The number of carbonyl (C=O) groups is 1. The average molecular weight is 431 g/mol. The number of carbonyl (C=O) groups excluding carboxylic acids is 1. The van der Waals surface area contributed by atoms with Gasteiger partial charge in [0.15, 0.2) is 0 Å². The number of amides is 1. The van der Waals surface area contributed by atoms with Crippen molar-refractivity contribution in [3.63, 3.8) is 0 Å². The Morgan fingerprint density at radius 1 is 1.33 bits per heavy atom. The molecule has 0 aliphatic carbocycles. The highest BCUT2D eigenvalue weighted by molar-refractivity contribution is 6.33. The molecule has 3 N–H and O–H groups in total. The number of nitrogens with one attached hydrogen (secondary N) is 2. The van der Waals surface area contributed by atoms with E-state index in [9.17, 15) is 9.90 Å². The van der Waals surface area contributed by atoms with E-state index in [-0.39, 0.29) is 5.92 Å². The van der Waals surface area contributed by atoms with Crippen LogP contribution in [0.5, 0.6) is 0 Å². The first kappa shape index (κ1) is 22.6. The summed E-state index contributed by atoms with van der Waals surface area (Å²) < 4.78 is 4.65. The molecule has 1 heterocycles. The van der Waals surface area contributed by atoms with Crippen molar-refractivity contribution in [2.75, 3.05) is 26.7 Å². The van der Waals surface area contributed by atoms with Gasteiger partial charge < -0.3 is 20.5 Å². The Labute approximate surface area is 183 Å². The van der Waals surface area contributed by atoms with E-state index < -0.39 is 11.7 Å². The van der Waals surface area contributed by atoms with Crippen LogP contribution in [0.1, 0.15) is 36.8 Å². The third kappa shape index (κ3) is 5.15. The molecule has 1 saturated heterocycles. The van der Waals surface area contributed by atoms with Crippen LogP contribution in [0.3, 0.4) is 0 Å². The summed E-state index contributed by atoms with van der Waals surface area (Å²) >= 11 is 6.68. The molecule has 0 bridgehead atoms. The topological polar surface area (TPSA) is 70.6 Å². The molecule has 3 rings (SSSR count). The van der Waals surface area contributed by atoms with Gasteiger partial charge in [0.25, 0.3) is 0 Å². The van der Waals surface area contributed by atoms with Gasteiger partial charge in [-0.05, 0) is 56.3 Å². The summed E-state index contributed by atoms with van der Waals surface area (Å²) in [6, 6.07) is 14.0. The van der Waals surface area contributed by atoms with Crippen LogP contribution >= 0.6 is 11.6 Å². The molecule has 162 valence electrons. The van der Waals surface area contributed by atoms with Gasteiger partial charge in [0.1, 0.15) is 0 Å². The average Bonchev–Trinajstić information content (AvgIpc) is 2.76.